The Hall–Kier alpha value is -0.600. The van der Waals surface area contributed by atoms with Crippen molar-refractivity contribution >= 4 is 5.97 Å². The van der Waals surface area contributed by atoms with Crippen LogP contribution in [-0.4, -0.2) is 19.3 Å². The van der Waals surface area contributed by atoms with Gasteiger partial charge in [-0.1, -0.05) is 19.8 Å². The molecule has 0 bridgehead atoms. The van der Waals surface area contributed by atoms with E-state index in [0.29, 0.717) is 25.4 Å². The topological polar surface area (TPSA) is 26.3 Å². The van der Waals surface area contributed by atoms with Crippen LogP contribution in [0.5, 0.6) is 0 Å². The highest BCUT2D eigenvalue weighted by Gasteiger charge is 2.06. The van der Waals surface area contributed by atoms with Crippen LogP contribution < -0.4 is 0 Å². The number of rotatable bonds is 8. The van der Waals surface area contributed by atoms with Gasteiger partial charge < -0.3 is 4.74 Å². The summed E-state index contributed by atoms with van der Waals surface area (Å²) in [6, 6.07) is 0. The van der Waals surface area contributed by atoms with Crippen LogP contribution in [0.25, 0.3) is 0 Å². The summed E-state index contributed by atoms with van der Waals surface area (Å²) in [5, 5.41) is 0. The Morgan fingerprint density at radius 3 is 2.64 bits per heavy atom. The monoisotopic (exact) mass is 204 g/mol. The molecule has 0 rings (SSSR count). The molecule has 0 aromatic heterocycles. The summed E-state index contributed by atoms with van der Waals surface area (Å²) in [7, 11) is 0. The van der Waals surface area contributed by atoms with Gasteiger partial charge in [-0.3, -0.25) is 9.18 Å². The Morgan fingerprint density at radius 1 is 1.36 bits per heavy atom. The number of hydrogen-bond donors (Lipinski definition) is 0. The summed E-state index contributed by atoms with van der Waals surface area (Å²) in [6.07, 6.45) is 3.91. The number of unbranched alkanes of at least 4 members (excludes halogenated alkanes) is 1. The zero-order chi connectivity index (χ0) is 10.8. The second-order valence-electron chi connectivity index (χ2n) is 3.63. The standard InChI is InChI=1S/C11H21FO2/c1-3-14-11(13)8-7-10(2)6-4-5-9-12/h10H,3-9H2,1-2H3. The molecule has 2 nitrogen and oxygen atoms in total. The van der Waals surface area contributed by atoms with E-state index in [0.717, 1.165) is 19.3 Å². The summed E-state index contributed by atoms with van der Waals surface area (Å²) in [4.78, 5) is 11.0. The molecule has 0 amide bonds. The lowest BCUT2D eigenvalue weighted by molar-refractivity contribution is -0.143. The van der Waals surface area contributed by atoms with Crippen LogP contribution in [0, 0.1) is 5.92 Å². The van der Waals surface area contributed by atoms with Gasteiger partial charge in [0.05, 0.1) is 13.3 Å². The molecule has 0 N–H and O–H groups in total. The molecule has 0 aromatic rings. The molecule has 0 aliphatic heterocycles. The van der Waals surface area contributed by atoms with Gasteiger partial charge in [-0.05, 0) is 25.7 Å². The predicted octanol–water partition coefficient (Wildman–Crippen LogP) is 3.11. The normalized spacial score (nSPS) is 12.5. The van der Waals surface area contributed by atoms with Crippen LogP contribution in [0.1, 0.15) is 46.0 Å². The maximum Gasteiger partial charge on any atom is 0.305 e. The molecule has 0 heterocycles. The molecular formula is C11H21FO2. The van der Waals surface area contributed by atoms with Gasteiger partial charge in [0.2, 0.25) is 0 Å². The summed E-state index contributed by atoms with van der Waals surface area (Å²) in [5.41, 5.74) is 0. The van der Waals surface area contributed by atoms with Crippen molar-refractivity contribution in [2.75, 3.05) is 13.3 Å². The second kappa shape index (κ2) is 8.97. The van der Waals surface area contributed by atoms with Gasteiger partial charge >= 0.3 is 5.97 Å². The van der Waals surface area contributed by atoms with Crippen molar-refractivity contribution in [3.05, 3.63) is 0 Å². The van der Waals surface area contributed by atoms with Gasteiger partial charge in [-0.15, -0.1) is 0 Å². The van der Waals surface area contributed by atoms with E-state index in [2.05, 4.69) is 6.92 Å². The van der Waals surface area contributed by atoms with Crippen molar-refractivity contribution in [1.82, 2.24) is 0 Å². The number of alkyl halides is 1. The van der Waals surface area contributed by atoms with Gasteiger partial charge in [0, 0.05) is 6.42 Å². The van der Waals surface area contributed by atoms with Crippen LogP contribution >= 0.6 is 0 Å². The Kier molecular flexibility index (Phi) is 8.59. The number of ether oxygens (including phenoxy) is 1. The van der Waals surface area contributed by atoms with E-state index in [1.54, 1.807) is 0 Å². The number of esters is 1. The zero-order valence-corrected chi connectivity index (χ0v) is 9.22. The van der Waals surface area contributed by atoms with E-state index < -0.39 is 0 Å². The van der Waals surface area contributed by atoms with E-state index in [1.165, 1.54) is 0 Å². The predicted molar refractivity (Wildman–Crippen MR) is 54.9 cm³/mol. The van der Waals surface area contributed by atoms with E-state index in [1.807, 2.05) is 6.92 Å². The second-order valence-corrected chi connectivity index (χ2v) is 3.63. The number of halogens is 1. The average molecular weight is 204 g/mol. The molecule has 0 fully saturated rings. The van der Waals surface area contributed by atoms with Crippen LogP contribution in [0.15, 0.2) is 0 Å². The van der Waals surface area contributed by atoms with Gasteiger partial charge in [-0.25, -0.2) is 0 Å². The first-order valence-corrected chi connectivity index (χ1v) is 5.42. The first-order chi connectivity index (χ1) is 6.70. The molecule has 14 heavy (non-hydrogen) atoms. The molecule has 0 aliphatic carbocycles. The maximum absolute atomic E-state index is 11.8. The van der Waals surface area contributed by atoms with Gasteiger partial charge in [0.15, 0.2) is 0 Å². The fraction of sp³-hybridized carbons (Fsp3) is 0.909. The largest absolute Gasteiger partial charge is 0.466 e. The number of carbonyl (C=O) groups is 1. The van der Waals surface area contributed by atoms with Gasteiger partial charge in [-0.2, -0.15) is 0 Å². The molecule has 0 saturated heterocycles. The van der Waals surface area contributed by atoms with Crippen molar-refractivity contribution in [2.45, 2.75) is 46.0 Å². The molecule has 3 heteroatoms. The average Bonchev–Trinajstić information content (AvgIpc) is 2.16. The molecule has 0 spiro atoms. The fourth-order valence-corrected chi connectivity index (χ4v) is 1.33. The lowest BCUT2D eigenvalue weighted by atomic mass is 9.99. The van der Waals surface area contributed by atoms with Crippen molar-refractivity contribution < 1.29 is 13.9 Å². The lowest BCUT2D eigenvalue weighted by Gasteiger charge is -2.09. The summed E-state index contributed by atoms with van der Waals surface area (Å²) in [6.45, 7) is 4.12. The Labute approximate surface area is 85.8 Å². The van der Waals surface area contributed by atoms with Gasteiger partial charge in [0.25, 0.3) is 0 Å². The molecular weight excluding hydrogens is 183 g/mol. The van der Waals surface area contributed by atoms with Crippen LogP contribution in [-0.2, 0) is 9.53 Å². The van der Waals surface area contributed by atoms with Crippen LogP contribution in [0.3, 0.4) is 0 Å². The molecule has 0 radical (unpaired) electrons. The van der Waals surface area contributed by atoms with E-state index >= 15 is 0 Å². The van der Waals surface area contributed by atoms with Crippen molar-refractivity contribution in [3.63, 3.8) is 0 Å². The third-order valence-corrected chi connectivity index (χ3v) is 2.23. The van der Waals surface area contributed by atoms with Crippen molar-refractivity contribution in [3.8, 4) is 0 Å². The summed E-state index contributed by atoms with van der Waals surface area (Å²) >= 11 is 0. The number of carbonyl (C=O) groups excluding carboxylic acids is 1. The van der Waals surface area contributed by atoms with Crippen molar-refractivity contribution in [1.29, 1.82) is 0 Å². The minimum absolute atomic E-state index is 0.121. The first kappa shape index (κ1) is 13.4. The Bertz CT molecular complexity index is 148. The molecule has 1 atom stereocenters. The van der Waals surface area contributed by atoms with Crippen molar-refractivity contribution in [2.24, 2.45) is 5.92 Å². The highest BCUT2D eigenvalue weighted by Crippen LogP contribution is 2.14. The maximum atomic E-state index is 11.8. The Morgan fingerprint density at radius 2 is 2.07 bits per heavy atom. The minimum atomic E-state index is -0.232. The highest BCUT2D eigenvalue weighted by molar-refractivity contribution is 5.69. The third-order valence-electron chi connectivity index (χ3n) is 2.23. The first-order valence-electron chi connectivity index (χ1n) is 5.42. The summed E-state index contributed by atoms with van der Waals surface area (Å²) < 4.78 is 16.6. The van der Waals surface area contributed by atoms with E-state index in [9.17, 15) is 9.18 Å². The van der Waals surface area contributed by atoms with Crippen LogP contribution in [0.2, 0.25) is 0 Å². The van der Waals surface area contributed by atoms with Gasteiger partial charge in [0.1, 0.15) is 0 Å². The molecule has 0 aliphatic rings. The van der Waals surface area contributed by atoms with Crippen LogP contribution in [0.4, 0.5) is 4.39 Å². The SMILES string of the molecule is CCOC(=O)CCC(C)CCCCF. The minimum Gasteiger partial charge on any atom is -0.466 e. The lowest BCUT2D eigenvalue weighted by Crippen LogP contribution is -2.06. The fourth-order valence-electron chi connectivity index (χ4n) is 1.33. The Balaban J connectivity index is 3.33. The smallest absolute Gasteiger partial charge is 0.305 e. The number of hydrogen-bond acceptors (Lipinski definition) is 2. The highest BCUT2D eigenvalue weighted by atomic mass is 19.1. The van der Waals surface area contributed by atoms with E-state index in [-0.39, 0.29) is 12.6 Å². The third kappa shape index (κ3) is 8.02. The molecule has 0 saturated carbocycles. The summed E-state index contributed by atoms with van der Waals surface area (Å²) in [5.74, 6) is 0.371. The molecule has 84 valence electrons. The van der Waals surface area contributed by atoms with E-state index in [4.69, 9.17) is 4.74 Å². The molecule has 0 aromatic carbocycles. The zero-order valence-electron chi connectivity index (χ0n) is 9.22. The molecule has 1 unspecified atom stereocenters. The quantitative estimate of drug-likeness (QED) is 0.448.